The Kier molecular flexibility index (Phi) is 7.98. The van der Waals surface area contributed by atoms with Crippen molar-refractivity contribution in [2.24, 2.45) is 5.92 Å². The summed E-state index contributed by atoms with van der Waals surface area (Å²) in [6.07, 6.45) is 11.2. The predicted molar refractivity (Wildman–Crippen MR) is 121 cm³/mol. The summed E-state index contributed by atoms with van der Waals surface area (Å²) in [5.41, 5.74) is 2.45. The molecule has 2 aliphatic rings. The lowest BCUT2D eigenvalue weighted by Crippen LogP contribution is -2.33. The van der Waals surface area contributed by atoms with Crippen LogP contribution in [0.15, 0.2) is 48.8 Å². The van der Waals surface area contributed by atoms with Gasteiger partial charge in [-0.2, -0.15) is 0 Å². The highest BCUT2D eigenvalue weighted by atomic mass is 16.5. The fourth-order valence-electron chi connectivity index (χ4n) is 4.47. The van der Waals surface area contributed by atoms with Crippen molar-refractivity contribution in [3.8, 4) is 5.75 Å². The molecule has 5 nitrogen and oxygen atoms in total. The first kappa shape index (κ1) is 21.1. The standard InChI is InChI=1S/C25H35N3O2/c1-2-6-22(7-3-1)19-29-15-5-8-21-10-13-28(14-11-21)24-16-25(18-26-17-24)30-20-23-9-4-12-27-23/h1-3,6-7,16-18,21,23,27H,4-5,8-15,19-20H2/t23-/m0/s1. The second-order valence-corrected chi connectivity index (χ2v) is 8.59. The smallest absolute Gasteiger partial charge is 0.139 e. The zero-order valence-electron chi connectivity index (χ0n) is 18.0. The second kappa shape index (κ2) is 11.3. The average molecular weight is 410 g/mol. The topological polar surface area (TPSA) is 46.6 Å². The molecule has 162 valence electrons. The van der Waals surface area contributed by atoms with Crippen molar-refractivity contribution < 1.29 is 9.47 Å². The molecule has 5 heteroatoms. The Balaban J connectivity index is 1.13. The fourth-order valence-corrected chi connectivity index (χ4v) is 4.47. The van der Waals surface area contributed by atoms with Crippen LogP contribution in [0.3, 0.4) is 0 Å². The molecule has 0 spiro atoms. The number of rotatable bonds is 10. The summed E-state index contributed by atoms with van der Waals surface area (Å²) in [5, 5.41) is 3.48. The van der Waals surface area contributed by atoms with E-state index in [-0.39, 0.29) is 0 Å². The van der Waals surface area contributed by atoms with Crippen LogP contribution in [0.25, 0.3) is 0 Å². The lowest BCUT2D eigenvalue weighted by Gasteiger charge is -2.33. The molecule has 1 N–H and O–H groups in total. The first-order valence-corrected chi connectivity index (χ1v) is 11.5. The highest BCUT2D eigenvalue weighted by Gasteiger charge is 2.20. The monoisotopic (exact) mass is 409 g/mol. The highest BCUT2D eigenvalue weighted by Crippen LogP contribution is 2.27. The van der Waals surface area contributed by atoms with Gasteiger partial charge in [0.15, 0.2) is 0 Å². The third-order valence-corrected chi connectivity index (χ3v) is 6.30. The summed E-state index contributed by atoms with van der Waals surface area (Å²) in [5.74, 6) is 1.70. The summed E-state index contributed by atoms with van der Waals surface area (Å²) in [7, 11) is 0. The van der Waals surface area contributed by atoms with Gasteiger partial charge in [0.2, 0.25) is 0 Å². The van der Waals surface area contributed by atoms with Gasteiger partial charge in [0.1, 0.15) is 12.4 Å². The summed E-state index contributed by atoms with van der Waals surface area (Å²) in [6.45, 7) is 5.63. The van der Waals surface area contributed by atoms with Gasteiger partial charge in [-0.3, -0.25) is 4.98 Å². The molecule has 4 rings (SSSR count). The zero-order chi connectivity index (χ0) is 20.4. The highest BCUT2D eigenvalue weighted by molar-refractivity contribution is 5.48. The maximum Gasteiger partial charge on any atom is 0.139 e. The van der Waals surface area contributed by atoms with Gasteiger partial charge in [0.05, 0.1) is 24.7 Å². The van der Waals surface area contributed by atoms with Crippen LogP contribution < -0.4 is 15.0 Å². The van der Waals surface area contributed by atoms with E-state index in [4.69, 9.17) is 9.47 Å². The molecule has 30 heavy (non-hydrogen) atoms. The number of nitrogens with zero attached hydrogens (tertiary/aromatic N) is 2. The van der Waals surface area contributed by atoms with E-state index in [1.165, 1.54) is 43.4 Å². The van der Waals surface area contributed by atoms with Crippen LogP contribution in [0.2, 0.25) is 0 Å². The summed E-state index contributed by atoms with van der Waals surface area (Å²) >= 11 is 0. The fraction of sp³-hybridized carbons (Fsp3) is 0.560. The minimum Gasteiger partial charge on any atom is -0.490 e. The molecule has 2 fully saturated rings. The summed E-state index contributed by atoms with van der Waals surface area (Å²) in [4.78, 5) is 6.87. The Bertz CT molecular complexity index is 741. The van der Waals surface area contributed by atoms with Crippen molar-refractivity contribution in [2.45, 2.75) is 51.2 Å². The number of pyridine rings is 1. The van der Waals surface area contributed by atoms with Gasteiger partial charge < -0.3 is 19.7 Å². The molecule has 0 amide bonds. The van der Waals surface area contributed by atoms with Crippen molar-refractivity contribution in [1.82, 2.24) is 10.3 Å². The Labute approximate surface area is 180 Å². The van der Waals surface area contributed by atoms with Gasteiger partial charge in [-0.15, -0.1) is 0 Å². The average Bonchev–Trinajstić information content (AvgIpc) is 3.33. The van der Waals surface area contributed by atoms with Gasteiger partial charge >= 0.3 is 0 Å². The lowest BCUT2D eigenvalue weighted by atomic mass is 9.92. The first-order valence-electron chi connectivity index (χ1n) is 11.5. The second-order valence-electron chi connectivity index (χ2n) is 8.59. The molecule has 0 aliphatic carbocycles. The maximum atomic E-state index is 5.98. The number of aromatic nitrogens is 1. The molecule has 2 aromatic rings. The maximum absolute atomic E-state index is 5.98. The quantitative estimate of drug-likeness (QED) is 0.589. The first-order chi connectivity index (χ1) is 14.9. The molecule has 3 heterocycles. The van der Waals surface area contributed by atoms with Crippen LogP contribution >= 0.6 is 0 Å². The van der Waals surface area contributed by atoms with Crippen molar-refractivity contribution >= 4 is 5.69 Å². The minimum atomic E-state index is 0.487. The van der Waals surface area contributed by atoms with Crippen LogP contribution in [0.1, 0.15) is 44.1 Å². The molecule has 1 aromatic carbocycles. The van der Waals surface area contributed by atoms with E-state index in [1.807, 2.05) is 18.5 Å². The number of piperidine rings is 1. The Morgan fingerprint density at radius 3 is 2.73 bits per heavy atom. The number of ether oxygens (including phenoxy) is 2. The summed E-state index contributed by atoms with van der Waals surface area (Å²) < 4.78 is 11.8. The molecule has 0 radical (unpaired) electrons. The van der Waals surface area contributed by atoms with Crippen LogP contribution in [-0.4, -0.2) is 43.9 Å². The lowest BCUT2D eigenvalue weighted by molar-refractivity contribution is 0.112. The molecule has 0 unspecified atom stereocenters. The Morgan fingerprint density at radius 1 is 1.07 bits per heavy atom. The van der Waals surface area contributed by atoms with Gasteiger partial charge in [-0.05, 0) is 56.6 Å². The van der Waals surface area contributed by atoms with E-state index < -0.39 is 0 Å². The van der Waals surface area contributed by atoms with Crippen molar-refractivity contribution in [2.75, 3.05) is 37.7 Å². The normalized spacial score (nSPS) is 19.9. The number of hydrogen-bond acceptors (Lipinski definition) is 5. The minimum absolute atomic E-state index is 0.487. The van der Waals surface area contributed by atoms with Gasteiger partial charge in [-0.25, -0.2) is 0 Å². The van der Waals surface area contributed by atoms with Crippen molar-refractivity contribution in [1.29, 1.82) is 0 Å². The molecular formula is C25H35N3O2. The molecule has 2 saturated heterocycles. The van der Waals surface area contributed by atoms with E-state index in [0.717, 1.165) is 57.5 Å². The SMILES string of the molecule is c1ccc(COCCCC2CCN(c3cncc(OC[C@@H]4CCCN4)c3)CC2)cc1. The molecular weight excluding hydrogens is 374 g/mol. The van der Waals surface area contributed by atoms with E-state index >= 15 is 0 Å². The largest absolute Gasteiger partial charge is 0.490 e. The third-order valence-electron chi connectivity index (χ3n) is 6.30. The summed E-state index contributed by atoms with van der Waals surface area (Å²) in [6, 6.07) is 13.1. The van der Waals surface area contributed by atoms with Gasteiger partial charge in [-0.1, -0.05) is 30.3 Å². The van der Waals surface area contributed by atoms with Crippen molar-refractivity contribution in [3.63, 3.8) is 0 Å². The van der Waals surface area contributed by atoms with Gasteiger partial charge in [0, 0.05) is 31.8 Å². The zero-order valence-corrected chi connectivity index (χ0v) is 18.0. The van der Waals surface area contributed by atoms with Crippen LogP contribution in [0, 0.1) is 5.92 Å². The van der Waals surface area contributed by atoms with E-state index in [9.17, 15) is 0 Å². The van der Waals surface area contributed by atoms with Crippen LogP contribution in [-0.2, 0) is 11.3 Å². The molecule has 0 saturated carbocycles. The number of anilines is 1. The number of benzene rings is 1. The van der Waals surface area contributed by atoms with E-state index in [1.54, 1.807) is 0 Å². The van der Waals surface area contributed by atoms with Crippen LogP contribution in [0.5, 0.6) is 5.75 Å². The number of hydrogen-bond donors (Lipinski definition) is 1. The van der Waals surface area contributed by atoms with Crippen molar-refractivity contribution in [3.05, 3.63) is 54.4 Å². The molecule has 0 bridgehead atoms. The van der Waals surface area contributed by atoms with E-state index in [0.29, 0.717) is 6.04 Å². The number of nitrogens with one attached hydrogen (secondary N) is 1. The predicted octanol–water partition coefficient (Wildman–Crippen LogP) is 4.43. The van der Waals surface area contributed by atoms with Crippen LogP contribution in [0.4, 0.5) is 5.69 Å². The van der Waals surface area contributed by atoms with Gasteiger partial charge in [0.25, 0.3) is 0 Å². The molecule has 1 atom stereocenters. The Hall–Kier alpha value is -2.11. The van der Waals surface area contributed by atoms with E-state index in [2.05, 4.69) is 45.5 Å². The third kappa shape index (κ3) is 6.44. The molecule has 1 aromatic heterocycles. The molecule has 2 aliphatic heterocycles. The Morgan fingerprint density at radius 2 is 1.93 bits per heavy atom.